The van der Waals surface area contributed by atoms with Crippen LogP contribution in [0.2, 0.25) is 0 Å². The number of rotatable bonds is 4. The molecule has 0 aliphatic carbocycles. The molecule has 1 fully saturated rings. The average Bonchev–Trinajstić information content (AvgIpc) is 3.02. The first-order chi connectivity index (χ1) is 12.4. The van der Waals surface area contributed by atoms with Gasteiger partial charge in [0.1, 0.15) is 0 Å². The summed E-state index contributed by atoms with van der Waals surface area (Å²) in [5.74, 6) is -0.359. The molecule has 0 spiro atoms. The lowest BCUT2D eigenvalue weighted by Crippen LogP contribution is -2.23. The number of amides is 3. The van der Waals surface area contributed by atoms with Crippen LogP contribution in [0.1, 0.15) is 35.7 Å². The van der Waals surface area contributed by atoms with Crippen molar-refractivity contribution in [3.8, 4) is 0 Å². The normalized spacial score (nSPS) is 13.6. The van der Waals surface area contributed by atoms with Gasteiger partial charge in [-0.1, -0.05) is 12.1 Å². The average molecular weight is 351 g/mol. The van der Waals surface area contributed by atoms with Crippen LogP contribution in [0.5, 0.6) is 0 Å². The molecule has 1 aliphatic rings. The summed E-state index contributed by atoms with van der Waals surface area (Å²) >= 11 is 0. The predicted molar refractivity (Wildman–Crippen MR) is 101 cm³/mol. The van der Waals surface area contributed by atoms with Gasteiger partial charge >= 0.3 is 0 Å². The van der Waals surface area contributed by atoms with Crippen molar-refractivity contribution in [3.05, 3.63) is 53.6 Å². The quantitative estimate of drug-likeness (QED) is 0.887. The zero-order valence-electron chi connectivity index (χ0n) is 14.8. The third kappa shape index (κ3) is 3.91. The fourth-order valence-corrected chi connectivity index (χ4v) is 2.96. The highest BCUT2D eigenvalue weighted by Crippen LogP contribution is 2.25. The van der Waals surface area contributed by atoms with Gasteiger partial charge in [-0.25, -0.2) is 0 Å². The number of aryl methyl sites for hydroxylation is 1. The van der Waals surface area contributed by atoms with E-state index >= 15 is 0 Å². The van der Waals surface area contributed by atoms with Crippen molar-refractivity contribution >= 4 is 34.8 Å². The smallest absolute Gasteiger partial charge is 0.255 e. The highest BCUT2D eigenvalue weighted by atomic mass is 16.2. The van der Waals surface area contributed by atoms with Crippen LogP contribution in [0.15, 0.2) is 42.5 Å². The fraction of sp³-hybridized carbons (Fsp3) is 0.250. The van der Waals surface area contributed by atoms with Gasteiger partial charge in [-0.3, -0.25) is 14.4 Å². The first-order valence-corrected chi connectivity index (χ1v) is 8.54. The summed E-state index contributed by atoms with van der Waals surface area (Å²) in [4.78, 5) is 37.5. The van der Waals surface area contributed by atoms with Crippen molar-refractivity contribution in [3.63, 3.8) is 0 Å². The molecular weight excluding hydrogens is 330 g/mol. The minimum Gasteiger partial charge on any atom is -0.326 e. The standard InChI is InChI=1S/C20H21N3O3/c1-13-8-9-15(11-18(13)21-14(2)24)20(26)22-16-5-3-6-17(12-16)23-10-4-7-19(23)25/h3,5-6,8-9,11-12H,4,7,10H2,1-2H3,(H,21,24)(H,22,26). The molecule has 2 aromatic rings. The maximum absolute atomic E-state index is 12.6. The van der Waals surface area contributed by atoms with Crippen LogP contribution >= 0.6 is 0 Å². The number of hydrogen-bond acceptors (Lipinski definition) is 3. The third-order valence-corrected chi connectivity index (χ3v) is 4.30. The molecule has 0 radical (unpaired) electrons. The second-order valence-electron chi connectivity index (χ2n) is 6.36. The lowest BCUT2D eigenvalue weighted by molar-refractivity contribution is -0.117. The van der Waals surface area contributed by atoms with E-state index in [-0.39, 0.29) is 17.7 Å². The van der Waals surface area contributed by atoms with E-state index in [2.05, 4.69) is 10.6 Å². The summed E-state index contributed by atoms with van der Waals surface area (Å²) in [6, 6.07) is 12.4. The topological polar surface area (TPSA) is 78.5 Å². The first-order valence-electron chi connectivity index (χ1n) is 8.54. The zero-order valence-corrected chi connectivity index (χ0v) is 14.8. The van der Waals surface area contributed by atoms with Gasteiger partial charge in [0, 0.05) is 42.5 Å². The maximum Gasteiger partial charge on any atom is 0.255 e. The number of nitrogens with one attached hydrogen (secondary N) is 2. The van der Waals surface area contributed by atoms with Gasteiger partial charge in [-0.15, -0.1) is 0 Å². The second-order valence-corrected chi connectivity index (χ2v) is 6.36. The predicted octanol–water partition coefficient (Wildman–Crippen LogP) is 3.33. The number of carbonyl (C=O) groups excluding carboxylic acids is 3. The largest absolute Gasteiger partial charge is 0.326 e. The summed E-state index contributed by atoms with van der Waals surface area (Å²) in [7, 11) is 0. The summed E-state index contributed by atoms with van der Waals surface area (Å²) in [5, 5.41) is 5.57. The Hall–Kier alpha value is -3.15. The Kier molecular flexibility index (Phi) is 5.02. The zero-order chi connectivity index (χ0) is 18.7. The van der Waals surface area contributed by atoms with Gasteiger partial charge in [0.2, 0.25) is 11.8 Å². The van der Waals surface area contributed by atoms with Crippen LogP contribution in [0.4, 0.5) is 17.1 Å². The van der Waals surface area contributed by atoms with Crippen LogP contribution < -0.4 is 15.5 Å². The minimum absolute atomic E-state index is 0.104. The van der Waals surface area contributed by atoms with Crippen LogP contribution in [0.3, 0.4) is 0 Å². The lowest BCUT2D eigenvalue weighted by atomic mass is 10.1. The molecule has 1 heterocycles. The maximum atomic E-state index is 12.6. The van der Waals surface area contributed by atoms with E-state index in [0.29, 0.717) is 29.9 Å². The molecule has 2 N–H and O–H groups in total. The number of benzene rings is 2. The van der Waals surface area contributed by atoms with E-state index in [1.165, 1.54) is 6.92 Å². The molecule has 6 heteroatoms. The molecule has 3 rings (SSSR count). The number of anilines is 3. The molecule has 2 aromatic carbocycles. The lowest BCUT2D eigenvalue weighted by Gasteiger charge is -2.17. The Balaban J connectivity index is 1.78. The van der Waals surface area contributed by atoms with E-state index in [4.69, 9.17) is 0 Å². The SMILES string of the molecule is CC(=O)Nc1cc(C(=O)Nc2cccc(N3CCCC3=O)c2)ccc1C. The van der Waals surface area contributed by atoms with E-state index in [1.54, 1.807) is 35.2 Å². The fourth-order valence-electron chi connectivity index (χ4n) is 2.96. The number of carbonyl (C=O) groups is 3. The molecule has 134 valence electrons. The highest BCUT2D eigenvalue weighted by molar-refractivity contribution is 6.06. The highest BCUT2D eigenvalue weighted by Gasteiger charge is 2.21. The van der Waals surface area contributed by atoms with E-state index in [1.807, 2.05) is 19.1 Å². The molecular formula is C20H21N3O3. The Morgan fingerprint density at radius 1 is 1.08 bits per heavy atom. The van der Waals surface area contributed by atoms with Gasteiger partial charge in [0.05, 0.1) is 0 Å². The summed E-state index contributed by atoms with van der Waals surface area (Å²) in [6.45, 7) is 4.00. The van der Waals surface area contributed by atoms with E-state index in [0.717, 1.165) is 17.7 Å². The number of nitrogens with zero attached hydrogens (tertiary/aromatic N) is 1. The van der Waals surface area contributed by atoms with Crippen LogP contribution in [0, 0.1) is 6.92 Å². The van der Waals surface area contributed by atoms with Crippen LogP contribution in [-0.2, 0) is 9.59 Å². The Labute approximate surface area is 152 Å². The monoisotopic (exact) mass is 351 g/mol. The van der Waals surface area contributed by atoms with Gasteiger partial charge in [0.25, 0.3) is 5.91 Å². The molecule has 1 saturated heterocycles. The van der Waals surface area contributed by atoms with Crippen LogP contribution in [-0.4, -0.2) is 24.3 Å². The number of hydrogen-bond donors (Lipinski definition) is 2. The molecule has 0 bridgehead atoms. The second kappa shape index (κ2) is 7.39. The van der Waals surface area contributed by atoms with E-state index < -0.39 is 0 Å². The molecule has 26 heavy (non-hydrogen) atoms. The Morgan fingerprint density at radius 3 is 2.58 bits per heavy atom. The molecule has 0 atom stereocenters. The molecule has 0 unspecified atom stereocenters. The van der Waals surface area contributed by atoms with Crippen molar-refractivity contribution in [2.75, 3.05) is 22.1 Å². The third-order valence-electron chi connectivity index (χ3n) is 4.30. The van der Waals surface area contributed by atoms with Gasteiger partial charge < -0.3 is 15.5 Å². The van der Waals surface area contributed by atoms with E-state index in [9.17, 15) is 14.4 Å². The molecule has 0 aromatic heterocycles. The van der Waals surface area contributed by atoms with Crippen molar-refractivity contribution in [1.29, 1.82) is 0 Å². The summed E-state index contributed by atoms with van der Waals surface area (Å²) < 4.78 is 0. The van der Waals surface area contributed by atoms with Gasteiger partial charge in [-0.05, 0) is 49.2 Å². The Bertz CT molecular complexity index is 876. The van der Waals surface area contributed by atoms with Crippen molar-refractivity contribution in [2.45, 2.75) is 26.7 Å². The first kappa shape index (κ1) is 17.7. The van der Waals surface area contributed by atoms with Crippen molar-refractivity contribution in [1.82, 2.24) is 0 Å². The van der Waals surface area contributed by atoms with Crippen LogP contribution in [0.25, 0.3) is 0 Å². The molecule has 3 amide bonds. The van der Waals surface area contributed by atoms with Crippen molar-refractivity contribution in [2.24, 2.45) is 0 Å². The summed E-state index contributed by atoms with van der Waals surface area (Å²) in [5.41, 5.74) is 3.34. The van der Waals surface area contributed by atoms with Gasteiger partial charge in [0.15, 0.2) is 0 Å². The summed E-state index contributed by atoms with van der Waals surface area (Å²) in [6.07, 6.45) is 1.41. The molecule has 1 aliphatic heterocycles. The minimum atomic E-state index is -0.276. The molecule has 0 saturated carbocycles. The molecule has 6 nitrogen and oxygen atoms in total. The van der Waals surface area contributed by atoms with Gasteiger partial charge in [-0.2, -0.15) is 0 Å². The Morgan fingerprint density at radius 2 is 1.88 bits per heavy atom. The van der Waals surface area contributed by atoms with Crippen molar-refractivity contribution < 1.29 is 14.4 Å².